The van der Waals surface area contributed by atoms with Gasteiger partial charge in [0.05, 0.1) is 17.0 Å². The van der Waals surface area contributed by atoms with E-state index in [4.69, 9.17) is 11.6 Å². The number of hydrogen-bond donors (Lipinski definition) is 2. The van der Waals surface area contributed by atoms with Crippen LogP contribution in [0.25, 0.3) is 0 Å². The number of carbonyl (C=O) groups excluding carboxylic acids is 2. The average Bonchev–Trinajstić information content (AvgIpc) is 2.76. The third kappa shape index (κ3) is 7.12. The van der Waals surface area contributed by atoms with E-state index in [0.29, 0.717) is 34.1 Å². The number of hydrogen-bond acceptors (Lipinski definition) is 3. The molecule has 0 aliphatic rings. The summed E-state index contributed by atoms with van der Waals surface area (Å²) < 4.78 is 13.8. The van der Waals surface area contributed by atoms with Crippen LogP contribution in [0.1, 0.15) is 21.5 Å². The molecule has 4 nitrogen and oxygen atoms in total. The van der Waals surface area contributed by atoms with Gasteiger partial charge in [-0.1, -0.05) is 60.1 Å². The number of halogens is 2. The molecule has 0 unspecified atom stereocenters. The largest absolute Gasteiger partial charge is 0.352 e. The summed E-state index contributed by atoms with van der Waals surface area (Å²) in [5, 5.41) is 6.00. The number of rotatable bonds is 9. The highest BCUT2D eigenvalue weighted by Gasteiger charge is 2.13. The molecule has 2 N–H and O–H groups in total. The van der Waals surface area contributed by atoms with Crippen LogP contribution in [0.4, 0.5) is 10.1 Å². The van der Waals surface area contributed by atoms with Crippen molar-refractivity contribution in [2.24, 2.45) is 0 Å². The van der Waals surface area contributed by atoms with Crippen molar-refractivity contribution in [1.29, 1.82) is 0 Å². The lowest BCUT2D eigenvalue weighted by atomic mass is 10.1. The van der Waals surface area contributed by atoms with E-state index >= 15 is 0 Å². The van der Waals surface area contributed by atoms with Gasteiger partial charge in [-0.2, -0.15) is 0 Å². The number of nitrogens with one attached hydrogen (secondary N) is 2. The zero-order chi connectivity index (χ0) is 22.1. The molecule has 0 saturated heterocycles. The molecular formula is C24H22ClFN2O2S. The standard InChI is InChI=1S/C24H22ClFN2O2S/c25-19-11-10-18(21(26)14-19)15-31-16-23(29)28-22-9-5-4-8-20(22)24(30)27-13-12-17-6-2-1-3-7-17/h1-11,14H,12-13,15-16H2,(H,27,30)(H,28,29). The molecule has 0 saturated carbocycles. The zero-order valence-electron chi connectivity index (χ0n) is 16.7. The van der Waals surface area contributed by atoms with Gasteiger partial charge in [0.25, 0.3) is 5.91 Å². The maximum atomic E-state index is 13.8. The first kappa shape index (κ1) is 22.8. The molecule has 160 valence electrons. The maximum Gasteiger partial charge on any atom is 0.253 e. The van der Waals surface area contributed by atoms with E-state index in [0.717, 1.165) is 12.0 Å². The van der Waals surface area contributed by atoms with E-state index in [1.165, 1.54) is 17.8 Å². The summed E-state index contributed by atoms with van der Waals surface area (Å²) in [6.07, 6.45) is 0.721. The van der Waals surface area contributed by atoms with Gasteiger partial charge in [0.1, 0.15) is 5.82 Å². The Morgan fingerprint density at radius 3 is 2.48 bits per heavy atom. The van der Waals surface area contributed by atoms with E-state index in [-0.39, 0.29) is 17.6 Å². The molecule has 0 fully saturated rings. The molecule has 31 heavy (non-hydrogen) atoms. The molecule has 7 heteroatoms. The van der Waals surface area contributed by atoms with Gasteiger partial charge < -0.3 is 10.6 Å². The maximum absolute atomic E-state index is 13.8. The van der Waals surface area contributed by atoms with Crippen molar-refractivity contribution in [3.05, 3.63) is 100 Å². The monoisotopic (exact) mass is 456 g/mol. The van der Waals surface area contributed by atoms with Crippen LogP contribution < -0.4 is 10.6 Å². The van der Waals surface area contributed by atoms with Gasteiger partial charge in [-0.3, -0.25) is 9.59 Å². The molecule has 3 rings (SSSR count). The normalized spacial score (nSPS) is 10.5. The van der Waals surface area contributed by atoms with Crippen LogP contribution in [0.15, 0.2) is 72.8 Å². The van der Waals surface area contributed by atoms with Crippen molar-refractivity contribution >= 4 is 40.9 Å². The van der Waals surface area contributed by atoms with E-state index in [1.807, 2.05) is 30.3 Å². The minimum Gasteiger partial charge on any atom is -0.352 e. The Labute approximate surface area is 190 Å². The third-order valence-electron chi connectivity index (χ3n) is 4.49. The molecule has 0 heterocycles. The van der Waals surface area contributed by atoms with Crippen LogP contribution in [0.5, 0.6) is 0 Å². The summed E-state index contributed by atoms with van der Waals surface area (Å²) in [5.74, 6) is -0.422. The molecule has 0 aromatic heterocycles. The van der Waals surface area contributed by atoms with Crippen LogP contribution in [-0.4, -0.2) is 24.1 Å². The van der Waals surface area contributed by atoms with Gasteiger partial charge in [0.2, 0.25) is 5.91 Å². The van der Waals surface area contributed by atoms with Crippen molar-refractivity contribution in [2.75, 3.05) is 17.6 Å². The Morgan fingerprint density at radius 2 is 1.71 bits per heavy atom. The molecule has 0 aliphatic carbocycles. The van der Waals surface area contributed by atoms with Crippen LogP contribution in [-0.2, 0) is 17.0 Å². The van der Waals surface area contributed by atoms with Crippen molar-refractivity contribution in [1.82, 2.24) is 5.32 Å². The molecule has 3 aromatic carbocycles. The van der Waals surface area contributed by atoms with E-state index < -0.39 is 5.82 Å². The Bertz CT molecular complexity index is 1050. The summed E-state index contributed by atoms with van der Waals surface area (Å²) >= 11 is 7.04. The van der Waals surface area contributed by atoms with Crippen LogP contribution in [0.2, 0.25) is 5.02 Å². The summed E-state index contributed by atoms with van der Waals surface area (Å²) in [5.41, 5.74) is 2.47. The van der Waals surface area contributed by atoms with E-state index in [2.05, 4.69) is 10.6 Å². The first-order valence-electron chi connectivity index (χ1n) is 9.75. The van der Waals surface area contributed by atoms with Crippen molar-refractivity contribution < 1.29 is 14.0 Å². The van der Waals surface area contributed by atoms with E-state index in [9.17, 15) is 14.0 Å². The van der Waals surface area contributed by atoms with Crippen molar-refractivity contribution in [2.45, 2.75) is 12.2 Å². The van der Waals surface area contributed by atoms with Crippen LogP contribution >= 0.6 is 23.4 Å². The number of amides is 2. The SMILES string of the molecule is O=C(CSCc1ccc(Cl)cc1F)Nc1ccccc1C(=O)NCCc1ccccc1. The minimum atomic E-state index is -0.391. The van der Waals surface area contributed by atoms with Gasteiger partial charge in [-0.25, -0.2) is 4.39 Å². The predicted octanol–water partition coefficient (Wildman–Crippen LogP) is 5.32. The lowest BCUT2D eigenvalue weighted by molar-refractivity contribution is -0.113. The first-order valence-corrected chi connectivity index (χ1v) is 11.3. The van der Waals surface area contributed by atoms with Gasteiger partial charge in [0.15, 0.2) is 0 Å². The molecule has 0 aliphatic heterocycles. The second-order valence-electron chi connectivity index (χ2n) is 6.81. The van der Waals surface area contributed by atoms with Crippen LogP contribution in [0, 0.1) is 5.82 Å². The summed E-state index contributed by atoms with van der Waals surface area (Å²) in [4.78, 5) is 24.9. The second-order valence-corrected chi connectivity index (χ2v) is 8.24. The number of carbonyl (C=O) groups is 2. The number of para-hydroxylation sites is 1. The van der Waals surface area contributed by atoms with Crippen molar-refractivity contribution in [3.8, 4) is 0 Å². The quantitative estimate of drug-likeness (QED) is 0.458. The Morgan fingerprint density at radius 1 is 0.968 bits per heavy atom. The molecule has 0 radical (unpaired) electrons. The predicted molar refractivity (Wildman–Crippen MR) is 125 cm³/mol. The molecule has 0 bridgehead atoms. The Balaban J connectivity index is 1.50. The highest BCUT2D eigenvalue weighted by molar-refractivity contribution is 7.99. The fourth-order valence-corrected chi connectivity index (χ4v) is 3.90. The molecule has 3 aromatic rings. The number of anilines is 1. The second kappa shape index (κ2) is 11.5. The molecular weight excluding hydrogens is 435 g/mol. The van der Waals surface area contributed by atoms with Gasteiger partial charge in [0, 0.05) is 17.3 Å². The number of thioether (sulfide) groups is 1. The molecule has 2 amide bonds. The average molecular weight is 457 g/mol. The fourth-order valence-electron chi connectivity index (χ4n) is 2.93. The van der Waals surface area contributed by atoms with Crippen molar-refractivity contribution in [3.63, 3.8) is 0 Å². The molecule has 0 spiro atoms. The fraction of sp³-hybridized carbons (Fsp3) is 0.167. The highest BCUT2D eigenvalue weighted by atomic mass is 35.5. The Kier molecular flexibility index (Phi) is 8.50. The Hall–Kier alpha value is -2.83. The molecule has 0 atom stereocenters. The summed E-state index contributed by atoms with van der Waals surface area (Å²) in [6, 6.07) is 21.2. The summed E-state index contributed by atoms with van der Waals surface area (Å²) in [7, 11) is 0. The lowest BCUT2D eigenvalue weighted by Gasteiger charge is -2.12. The third-order valence-corrected chi connectivity index (χ3v) is 5.71. The lowest BCUT2D eigenvalue weighted by Crippen LogP contribution is -2.27. The summed E-state index contributed by atoms with van der Waals surface area (Å²) in [6.45, 7) is 0.494. The minimum absolute atomic E-state index is 0.131. The topological polar surface area (TPSA) is 58.2 Å². The van der Waals surface area contributed by atoms with Gasteiger partial charge >= 0.3 is 0 Å². The smallest absolute Gasteiger partial charge is 0.253 e. The van der Waals surface area contributed by atoms with Gasteiger partial charge in [-0.05, 0) is 41.8 Å². The highest BCUT2D eigenvalue weighted by Crippen LogP contribution is 2.20. The van der Waals surface area contributed by atoms with Gasteiger partial charge in [-0.15, -0.1) is 11.8 Å². The first-order chi connectivity index (χ1) is 15.0. The number of benzene rings is 3. The van der Waals surface area contributed by atoms with E-state index in [1.54, 1.807) is 36.4 Å². The van der Waals surface area contributed by atoms with Crippen LogP contribution in [0.3, 0.4) is 0 Å². The zero-order valence-corrected chi connectivity index (χ0v) is 18.3.